The lowest BCUT2D eigenvalue weighted by Gasteiger charge is -2.42. The third-order valence-electron chi connectivity index (χ3n) is 7.51. The highest BCUT2D eigenvalue weighted by Gasteiger charge is 2.33. The summed E-state index contributed by atoms with van der Waals surface area (Å²) >= 11 is 0. The minimum atomic E-state index is -0.00249. The number of hydrogen-bond donors (Lipinski definition) is 1. The first kappa shape index (κ1) is 21.4. The van der Waals surface area contributed by atoms with Crippen molar-refractivity contribution in [2.24, 2.45) is 0 Å². The molecule has 4 rings (SSSR count). The van der Waals surface area contributed by atoms with E-state index in [1.807, 2.05) is 24.3 Å². The van der Waals surface area contributed by atoms with Gasteiger partial charge in [0.2, 0.25) is 0 Å². The van der Waals surface area contributed by atoms with Crippen LogP contribution in [0.1, 0.15) is 117 Å². The molecule has 1 aromatic carbocycles. The average molecular weight is 411 g/mol. The van der Waals surface area contributed by atoms with Crippen LogP contribution in [0.4, 0.5) is 0 Å². The van der Waals surface area contributed by atoms with Crippen molar-refractivity contribution in [3.8, 4) is 0 Å². The highest BCUT2D eigenvalue weighted by atomic mass is 16.2. The average Bonchev–Trinajstić information content (AvgIpc) is 2.81. The maximum Gasteiger partial charge on any atom is 0.254 e. The second-order valence-corrected chi connectivity index (χ2v) is 9.68. The summed E-state index contributed by atoms with van der Waals surface area (Å²) in [6.07, 6.45) is 18.0. The monoisotopic (exact) mass is 410 g/mol. The maximum atomic E-state index is 13.6. The van der Waals surface area contributed by atoms with Crippen LogP contribution in [0.2, 0.25) is 0 Å². The number of carbonyl (C=O) groups is 2. The van der Waals surface area contributed by atoms with Crippen molar-refractivity contribution in [1.29, 1.82) is 0 Å². The van der Waals surface area contributed by atoms with Crippen molar-refractivity contribution >= 4 is 11.8 Å². The number of nitrogens with zero attached hydrogens (tertiary/aromatic N) is 1. The van der Waals surface area contributed by atoms with Gasteiger partial charge in [0.05, 0.1) is 0 Å². The fourth-order valence-electron chi connectivity index (χ4n) is 5.78. The van der Waals surface area contributed by atoms with Crippen LogP contribution in [0, 0.1) is 0 Å². The van der Waals surface area contributed by atoms with E-state index in [4.69, 9.17) is 0 Å². The highest BCUT2D eigenvalue weighted by Crippen LogP contribution is 2.31. The van der Waals surface area contributed by atoms with Gasteiger partial charge in [0.25, 0.3) is 11.8 Å². The van der Waals surface area contributed by atoms with Crippen LogP contribution in [0.25, 0.3) is 0 Å². The molecule has 1 N–H and O–H groups in total. The lowest BCUT2D eigenvalue weighted by Crippen LogP contribution is -2.48. The fourth-order valence-corrected chi connectivity index (χ4v) is 5.78. The van der Waals surface area contributed by atoms with Crippen molar-refractivity contribution in [1.82, 2.24) is 10.2 Å². The van der Waals surface area contributed by atoms with E-state index >= 15 is 0 Å². The van der Waals surface area contributed by atoms with Gasteiger partial charge in [0.15, 0.2) is 0 Å². The minimum absolute atomic E-state index is 0.00249. The second-order valence-electron chi connectivity index (χ2n) is 9.68. The molecule has 30 heavy (non-hydrogen) atoms. The molecule has 0 unspecified atom stereocenters. The first-order chi connectivity index (χ1) is 14.7. The summed E-state index contributed by atoms with van der Waals surface area (Å²) < 4.78 is 0. The molecular weight excluding hydrogens is 372 g/mol. The van der Waals surface area contributed by atoms with Crippen molar-refractivity contribution in [3.05, 3.63) is 35.4 Å². The van der Waals surface area contributed by atoms with E-state index in [2.05, 4.69) is 10.2 Å². The van der Waals surface area contributed by atoms with Crippen LogP contribution >= 0.6 is 0 Å². The Bertz CT molecular complexity index is 678. The lowest BCUT2D eigenvalue weighted by atomic mass is 9.88. The number of benzene rings is 1. The lowest BCUT2D eigenvalue weighted by molar-refractivity contribution is 0.0448. The first-order valence-corrected chi connectivity index (χ1v) is 12.5. The third kappa shape index (κ3) is 5.25. The highest BCUT2D eigenvalue weighted by molar-refractivity contribution is 5.98. The molecule has 1 aromatic rings. The molecule has 0 saturated heterocycles. The van der Waals surface area contributed by atoms with E-state index in [1.165, 1.54) is 57.8 Å². The second kappa shape index (κ2) is 10.5. The standard InChI is InChI=1S/C26H38N2O2/c29-25(27-22-10-4-1-5-11-22)20-16-18-21(19-17-20)26(30)28(23-12-6-2-7-13-23)24-14-8-3-9-15-24/h16-19,22-24H,1-15H2,(H,27,29). The van der Waals surface area contributed by atoms with E-state index in [0.29, 0.717) is 23.7 Å². The van der Waals surface area contributed by atoms with Gasteiger partial charge >= 0.3 is 0 Å². The Hall–Kier alpha value is -1.84. The summed E-state index contributed by atoms with van der Waals surface area (Å²) in [5.41, 5.74) is 1.40. The van der Waals surface area contributed by atoms with Gasteiger partial charge in [-0.05, 0) is 62.8 Å². The predicted octanol–water partition coefficient (Wildman–Crippen LogP) is 5.86. The quantitative estimate of drug-likeness (QED) is 0.661. The molecular formula is C26H38N2O2. The van der Waals surface area contributed by atoms with Crippen LogP contribution in [0.3, 0.4) is 0 Å². The smallest absolute Gasteiger partial charge is 0.254 e. The van der Waals surface area contributed by atoms with Crippen LogP contribution in [-0.2, 0) is 0 Å². The Kier molecular flexibility index (Phi) is 7.46. The molecule has 0 atom stereocenters. The van der Waals surface area contributed by atoms with Gasteiger partial charge in [-0.15, -0.1) is 0 Å². The van der Waals surface area contributed by atoms with E-state index in [1.54, 1.807) is 0 Å². The Balaban J connectivity index is 1.45. The van der Waals surface area contributed by atoms with Gasteiger partial charge in [0.1, 0.15) is 0 Å². The molecule has 3 fully saturated rings. The van der Waals surface area contributed by atoms with Gasteiger partial charge in [-0.25, -0.2) is 0 Å². The van der Waals surface area contributed by atoms with Crippen molar-refractivity contribution in [3.63, 3.8) is 0 Å². The maximum absolute atomic E-state index is 13.6. The molecule has 4 heteroatoms. The van der Waals surface area contributed by atoms with E-state index in [-0.39, 0.29) is 11.8 Å². The summed E-state index contributed by atoms with van der Waals surface area (Å²) in [5.74, 6) is 0.172. The Morgan fingerprint density at radius 1 is 0.633 bits per heavy atom. The molecule has 0 radical (unpaired) electrons. The molecule has 3 aliphatic rings. The number of hydrogen-bond acceptors (Lipinski definition) is 2. The topological polar surface area (TPSA) is 49.4 Å². The van der Waals surface area contributed by atoms with Crippen molar-refractivity contribution < 1.29 is 9.59 Å². The zero-order valence-electron chi connectivity index (χ0n) is 18.4. The Morgan fingerprint density at radius 3 is 1.57 bits per heavy atom. The summed E-state index contributed by atoms with van der Waals surface area (Å²) in [4.78, 5) is 28.4. The number of amides is 2. The summed E-state index contributed by atoms with van der Waals surface area (Å²) in [6, 6.07) is 8.51. The van der Waals surface area contributed by atoms with E-state index < -0.39 is 0 Å². The van der Waals surface area contributed by atoms with E-state index in [0.717, 1.165) is 44.1 Å². The van der Waals surface area contributed by atoms with Gasteiger partial charge in [-0.1, -0.05) is 57.8 Å². The van der Waals surface area contributed by atoms with Gasteiger partial charge in [0, 0.05) is 29.3 Å². The van der Waals surface area contributed by atoms with Crippen LogP contribution in [0.15, 0.2) is 24.3 Å². The zero-order chi connectivity index (χ0) is 20.8. The molecule has 3 aliphatic carbocycles. The molecule has 164 valence electrons. The number of carbonyl (C=O) groups excluding carboxylic acids is 2. The van der Waals surface area contributed by atoms with Crippen LogP contribution < -0.4 is 5.32 Å². The van der Waals surface area contributed by atoms with Crippen molar-refractivity contribution in [2.75, 3.05) is 0 Å². The zero-order valence-corrected chi connectivity index (χ0v) is 18.4. The molecule has 2 amide bonds. The third-order valence-corrected chi connectivity index (χ3v) is 7.51. The SMILES string of the molecule is O=C(NC1CCCCC1)c1ccc(C(=O)N(C2CCCCC2)C2CCCCC2)cc1. The molecule has 0 bridgehead atoms. The summed E-state index contributed by atoms with van der Waals surface area (Å²) in [7, 11) is 0. The molecule has 4 nitrogen and oxygen atoms in total. The number of nitrogens with one attached hydrogen (secondary N) is 1. The molecule has 0 aliphatic heterocycles. The summed E-state index contributed by atoms with van der Waals surface area (Å²) in [5, 5.41) is 3.18. The fraction of sp³-hybridized carbons (Fsp3) is 0.692. The largest absolute Gasteiger partial charge is 0.349 e. The first-order valence-electron chi connectivity index (χ1n) is 12.5. The van der Waals surface area contributed by atoms with Gasteiger partial charge in [-0.2, -0.15) is 0 Å². The van der Waals surface area contributed by atoms with Crippen LogP contribution in [0.5, 0.6) is 0 Å². The summed E-state index contributed by atoms with van der Waals surface area (Å²) in [6.45, 7) is 0. The van der Waals surface area contributed by atoms with E-state index in [9.17, 15) is 9.59 Å². The molecule has 0 heterocycles. The van der Waals surface area contributed by atoms with Crippen LogP contribution in [-0.4, -0.2) is 34.8 Å². The normalized spacial score (nSPS) is 21.9. The molecule has 0 aromatic heterocycles. The van der Waals surface area contributed by atoms with Gasteiger partial charge in [-0.3, -0.25) is 9.59 Å². The molecule has 3 saturated carbocycles. The number of rotatable bonds is 5. The molecule has 0 spiro atoms. The van der Waals surface area contributed by atoms with Crippen molar-refractivity contribution in [2.45, 2.75) is 114 Å². The Morgan fingerprint density at radius 2 is 1.07 bits per heavy atom. The Labute approximate surface area is 181 Å². The predicted molar refractivity (Wildman–Crippen MR) is 121 cm³/mol. The minimum Gasteiger partial charge on any atom is -0.349 e. The van der Waals surface area contributed by atoms with Gasteiger partial charge < -0.3 is 10.2 Å².